The fourth-order valence-electron chi connectivity index (χ4n) is 2.87. The van der Waals surface area contributed by atoms with Crippen LogP contribution in [-0.2, 0) is 13.6 Å². The van der Waals surface area contributed by atoms with E-state index in [0.29, 0.717) is 29.1 Å². The molecule has 0 saturated heterocycles. The lowest BCUT2D eigenvalue weighted by Gasteiger charge is -2.09. The van der Waals surface area contributed by atoms with Crippen molar-refractivity contribution in [2.45, 2.75) is 6.54 Å². The molecule has 0 fully saturated rings. The van der Waals surface area contributed by atoms with Gasteiger partial charge in [0.1, 0.15) is 22.8 Å². The number of hydrogen-bond donors (Lipinski definition) is 3. The average Bonchev–Trinajstić information content (AvgIpc) is 3.01. The monoisotopic (exact) mass is 379 g/mol. The Balaban J connectivity index is 1.75. The minimum Gasteiger partial charge on any atom is -0.496 e. The number of para-hydroxylation sites is 1. The average molecular weight is 379 g/mol. The first-order chi connectivity index (χ1) is 13.4. The third kappa shape index (κ3) is 3.66. The molecule has 0 bridgehead atoms. The zero-order chi connectivity index (χ0) is 20.3. The Bertz CT molecular complexity index is 1020. The smallest absolute Gasteiger partial charge is 0.255 e. The van der Waals surface area contributed by atoms with Gasteiger partial charge < -0.3 is 21.5 Å². The van der Waals surface area contributed by atoms with Gasteiger partial charge in [-0.3, -0.25) is 14.3 Å². The van der Waals surface area contributed by atoms with E-state index < -0.39 is 5.91 Å². The summed E-state index contributed by atoms with van der Waals surface area (Å²) in [6.07, 6.45) is 0. The van der Waals surface area contributed by atoms with E-state index in [1.807, 2.05) is 12.1 Å². The van der Waals surface area contributed by atoms with Crippen molar-refractivity contribution in [2.24, 2.45) is 12.8 Å². The number of nitrogens with zero attached hydrogens (tertiary/aromatic N) is 2. The summed E-state index contributed by atoms with van der Waals surface area (Å²) in [7, 11) is 3.17. The summed E-state index contributed by atoms with van der Waals surface area (Å²) in [4.78, 5) is 24.1. The first-order valence-electron chi connectivity index (χ1n) is 8.55. The van der Waals surface area contributed by atoms with Gasteiger partial charge in [0.2, 0.25) is 0 Å². The van der Waals surface area contributed by atoms with Crippen LogP contribution in [0, 0.1) is 0 Å². The number of aromatic nitrogens is 2. The van der Waals surface area contributed by atoms with Crippen LogP contribution in [0.4, 0.5) is 5.82 Å². The van der Waals surface area contributed by atoms with Crippen molar-refractivity contribution in [3.05, 3.63) is 65.2 Å². The van der Waals surface area contributed by atoms with Crippen LogP contribution in [0.3, 0.4) is 0 Å². The van der Waals surface area contributed by atoms with Crippen LogP contribution in [0.5, 0.6) is 5.75 Å². The number of amides is 2. The van der Waals surface area contributed by atoms with Gasteiger partial charge in [-0.2, -0.15) is 5.10 Å². The van der Waals surface area contributed by atoms with Gasteiger partial charge >= 0.3 is 0 Å². The van der Waals surface area contributed by atoms with Gasteiger partial charge in [0.25, 0.3) is 11.8 Å². The third-order valence-corrected chi connectivity index (χ3v) is 4.37. The van der Waals surface area contributed by atoms with Gasteiger partial charge in [0, 0.05) is 19.2 Å². The van der Waals surface area contributed by atoms with E-state index in [-0.39, 0.29) is 17.3 Å². The van der Waals surface area contributed by atoms with Crippen molar-refractivity contribution in [3.8, 4) is 17.0 Å². The van der Waals surface area contributed by atoms with Crippen LogP contribution in [0.1, 0.15) is 26.3 Å². The highest BCUT2D eigenvalue weighted by Gasteiger charge is 2.20. The lowest BCUT2D eigenvalue weighted by molar-refractivity contribution is 0.0946. The molecule has 0 spiro atoms. The predicted molar refractivity (Wildman–Crippen MR) is 106 cm³/mol. The highest BCUT2D eigenvalue weighted by atomic mass is 16.5. The molecule has 28 heavy (non-hydrogen) atoms. The molecule has 8 nitrogen and oxygen atoms in total. The standard InChI is InChI=1S/C20H21N5O3/c1-25-18(21)16(19(22)26)17(24-25)13-9-7-12(8-10-13)11-23-20(27)14-5-3-4-6-15(14)28-2/h3-10H,11,21H2,1-2H3,(H2,22,26)(H,23,27). The maximum atomic E-state index is 12.4. The second-order valence-corrected chi connectivity index (χ2v) is 6.18. The van der Waals surface area contributed by atoms with Gasteiger partial charge in [-0.05, 0) is 17.7 Å². The zero-order valence-corrected chi connectivity index (χ0v) is 15.6. The second-order valence-electron chi connectivity index (χ2n) is 6.18. The molecular formula is C20H21N5O3. The van der Waals surface area contributed by atoms with Crippen LogP contribution >= 0.6 is 0 Å². The molecule has 1 aromatic heterocycles. The summed E-state index contributed by atoms with van der Waals surface area (Å²) in [5, 5.41) is 7.13. The number of primary amides is 1. The molecular weight excluding hydrogens is 358 g/mol. The Morgan fingerprint density at radius 2 is 1.82 bits per heavy atom. The van der Waals surface area contributed by atoms with E-state index in [4.69, 9.17) is 16.2 Å². The molecule has 0 radical (unpaired) electrons. The Kier molecular flexibility index (Phi) is 5.30. The summed E-state index contributed by atoms with van der Waals surface area (Å²) >= 11 is 0. The number of nitrogen functional groups attached to an aromatic ring is 1. The molecule has 1 heterocycles. The Morgan fingerprint density at radius 1 is 1.14 bits per heavy atom. The summed E-state index contributed by atoms with van der Waals surface area (Å²) in [5.41, 5.74) is 14.0. The van der Waals surface area contributed by atoms with Crippen LogP contribution in [0.15, 0.2) is 48.5 Å². The normalized spacial score (nSPS) is 10.5. The van der Waals surface area contributed by atoms with E-state index in [2.05, 4.69) is 10.4 Å². The molecule has 0 saturated carbocycles. The number of aryl methyl sites for hydroxylation is 1. The van der Waals surface area contributed by atoms with E-state index in [1.165, 1.54) is 11.8 Å². The third-order valence-electron chi connectivity index (χ3n) is 4.37. The molecule has 0 aliphatic rings. The Hall–Kier alpha value is -3.81. The van der Waals surface area contributed by atoms with Crippen LogP contribution in [-0.4, -0.2) is 28.7 Å². The molecule has 0 aliphatic heterocycles. The van der Waals surface area contributed by atoms with E-state index in [9.17, 15) is 9.59 Å². The van der Waals surface area contributed by atoms with E-state index in [1.54, 1.807) is 43.4 Å². The number of methoxy groups -OCH3 is 1. The molecule has 0 atom stereocenters. The van der Waals surface area contributed by atoms with E-state index >= 15 is 0 Å². The van der Waals surface area contributed by atoms with Gasteiger partial charge in [-0.1, -0.05) is 36.4 Å². The highest BCUT2D eigenvalue weighted by Crippen LogP contribution is 2.26. The minimum atomic E-state index is -0.631. The quantitative estimate of drug-likeness (QED) is 0.601. The number of anilines is 1. The van der Waals surface area contributed by atoms with Crippen molar-refractivity contribution in [1.82, 2.24) is 15.1 Å². The maximum absolute atomic E-state index is 12.4. The van der Waals surface area contributed by atoms with E-state index in [0.717, 1.165) is 5.56 Å². The molecule has 8 heteroatoms. The fraction of sp³-hybridized carbons (Fsp3) is 0.150. The van der Waals surface area contributed by atoms with Crippen molar-refractivity contribution in [2.75, 3.05) is 12.8 Å². The fourth-order valence-corrected chi connectivity index (χ4v) is 2.87. The van der Waals surface area contributed by atoms with Gasteiger partial charge in [-0.25, -0.2) is 0 Å². The molecule has 3 rings (SSSR count). The number of carbonyl (C=O) groups excluding carboxylic acids is 2. The lowest BCUT2D eigenvalue weighted by Crippen LogP contribution is -2.23. The second kappa shape index (κ2) is 7.83. The van der Waals surface area contributed by atoms with Crippen molar-refractivity contribution >= 4 is 17.6 Å². The molecule has 0 aliphatic carbocycles. The topological polar surface area (TPSA) is 125 Å². The number of hydrogen-bond acceptors (Lipinski definition) is 5. The first kappa shape index (κ1) is 19.0. The first-order valence-corrected chi connectivity index (χ1v) is 8.55. The predicted octanol–water partition coefficient (Wildman–Crippen LogP) is 1.71. The summed E-state index contributed by atoms with van der Waals surface area (Å²) in [6, 6.07) is 14.3. The van der Waals surface area contributed by atoms with Gasteiger partial charge in [-0.15, -0.1) is 0 Å². The number of rotatable bonds is 6. The summed E-state index contributed by atoms with van der Waals surface area (Å²) < 4.78 is 6.62. The summed E-state index contributed by atoms with van der Waals surface area (Å²) in [6.45, 7) is 0.337. The molecule has 2 aromatic carbocycles. The van der Waals surface area contributed by atoms with Gasteiger partial charge in [0.15, 0.2) is 0 Å². The van der Waals surface area contributed by atoms with Crippen LogP contribution in [0.25, 0.3) is 11.3 Å². The minimum absolute atomic E-state index is 0.194. The van der Waals surface area contributed by atoms with Crippen molar-refractivity contribution < 1.29 is 14.3 Å². The number of nitrogens with one attached hydrogen (secondary N) is 1. The van der Waals surface area contributed by atoms with Crippen LogP contribution < -0.4 is 21.5 Å². The number of ether oxygens (including phenoxy) is 1. The maximum Gasteiger partial charge on any atom is 0.255 e. The number of carbonyl (C=O) groups is 2. The largest absolute Gasteiger partial charge is 0.496 e. The lowest BCUT2D eigenvalue weighted by atomic mass is 10.0. The van der Waals surface area contributed by atoms with Crippen LogP contribution in [0.2, 0.25) is 0 Å². The van der Waals surface area contributed by atoms with Crippen molar-refractivity contribution in [3.63, 3.8) is 0 Å². The SMILES string of the molecule is COc1ccccc1C(=O)NCc1ccc(-c2nn(C)c(N)c2C(N)=O)cc1. The molecule has 3 aromatic rings. The van der Waals surface area contributed by atoms with Gasteiger partial charge in [0.05, 0.1) is 12.7 Å². The summed E-state index contributed by atoms with van der Waals surface area (Å²) in [5.74, 6) is -0.124. The highest BCUT2D eigenvalue weighted by molar-refractivity contribution is 6.03. The Morgan fingerprint density at radius 3 is 2.46 bits per heavy atom. The Labute approximate surface area is 162 Å². The number of nitrogens with two attached hydrogens (primary N) is 2. The number of benzene rings is 2. The van der Waals surface area contributed by atoms with Crippen molar-refractivity contribution in [1.29, 1.82) is 0 Å². The zero-order valence-electron chi connectivity index (χ0n) is 15.6. The molecule has 144 valence electrons. The molecule has 0 unspecified atom stereocenters. The molecule has 5 N–H and O–H groups in total. The molecule has 2 amide bonds.